The molecule has 0 spiro atoms. The monoisotopic (exact) mass is 231 g/mol. The number of aryl methyl sites for hydroxylation is 1. The Labute approximate surface area is 98.7 Å². The largest absolute Gasteiger partial charge is 0.486 e. The number of ether oxygens (including phenoxy) is 2. The average molecular weight is 231 g/mol. The van der Waals surface area contributed by atoms with E-state index in [-0.39, 0.29) is 5.78 Å². The summed E-state index contributed by atoms with van der Waals surface area (Å²) in [5, 5.41) is 1.00. The number of Topliss-reactive ketones (excluding diaryl/α,β-unsaturated/α-hetero) is 1. The summed E-state index contributed by atoms with van der Waals surface area (Å²) in [6, 6.07) is 5.74. The lowest BCUT2D eigenvalue weighted by atomic mass is 10.2. The van der Waals surface area contributed by atoms with Gasteiger partial charge in [-0.1, -0.05) is 0 Å². The number of ketones is 1. The average Bonchev–Trinajstić information content (AvgIpc) is 2.64. The molecule has 0 N–H and O–H groups in total. The van der Waals surface area contributed by atoms with Gasteiger partial charge in [0.25, 0.3) is 0 Å². The zero-order valence-electron chi connectivity index (χ0n) is 9.82. The molecule has 1 aromatic carbocycles. The molecule has 88 valence electrons. The Balaban J connectivity index is 2.27. The zero-order valence-corrected chi connectivity index (χ0v) is 9.82. The minimum Gasteiger partial charge on any atom is -0.486 e. The molecule has 0 unspecified atom stereocenters. The quantitative estimate of drug-likeness (QED) is 0.706. The van der Waals surface area contributed by atoms with Gasteiger partial charge in [-0.15, -0.1) is 0 Å². The van der Waals surface area contributed by atoms with E-state index in [1.54, 1.807) is 6.92 Å². The van der Waals surface area contributed by atoms with Crippen LogP contribution in [0.25, 0.3) is 10.9 Å². The summed E-state index contributed by atoms with van der Waals surface area (Å²) >= 11 is 0. The molecule has 0 atom stereocenters. The number of aromatic nitrogens is 1. The predicted molar refractivity (Wildman–Crippen MR) is 63.9 cm³/mol. The van der Waals surface area contributed by atoms with Gasteiger partial charge in [-0.2, -0.15) is 0 Å². The van der Waals surface area contributed by atoms with Crippen molar-refractivity contribution in [3.63, 3.8) is 0 Å². The fourth-order valence-corrected chi connectivity index (χ4v) is 2.21. The SMILES string of the molecule is CC(=O)c1cc2cc3c(cc2n1C)OCCO3. The molecule has 0 bridgehead atoms. The maximum atomic E-state index is 11.5. The summed E-state index contributed by atoms with van der Waals surface area (Å²) < 4.78 is 12.9. The number of fused-ring (bicyclic) bond motifs is 2. The Morgan fingerprint density at radius 1 is 1.18 bits per heavy atom. The molecule has 17 heavy (non-hydrogen) atoms. The van der Waals surface area contributed by atoms with E-state index in [1.165, 1.54) is 0 Å². The van der Waals surface area contributed by atoms with Gasteiger partial charge in [0, 0.05) is 25.4 Å². The number of carbonyl (C=O) groups is 1. The van der Waals surface area contributed by atoms with Gasteiger partial charge in [0.2, 0.25) is 0 Å². The highest BCUT2D eigenvalue weighted by Crippen LogP contribution is 2.35. The van der Waals surface area contributed by atoms with E-state index in [0.717, 1.165) is 22.4 Å². The van der Waals surface area contributed by atoms with Crippen molar-refractivity contribution in [3.8, 4) is 11.5 Å². The predicted octanol–water partition coefficient (Wildman–Crippen LogP) is 2.15. The number of benzene rings is 1. The van der Waals surface area contributed by atoms with Crippen LogP contribution in [0.5, 0.6) is 11.5 Å². The molecular formula is C13H13NO3. The second kappa shape index (κ2) is 3.52. The first-order chi connectivity index (χ1) is 8.16. The Hall–Kier alpha value is -1.97. The first-order valence-electron chi connectivity index (χ1n) is 5.57. The third-order valence-electron chi connectivity index (χ3n) is 3.07. The van der Waals surface area contributed by atoms with Gasteiger partial charge in [0.1, 0.15) is 13.2 Å². The van der Waals surface area contributed by atoms with Crippen molar-refractivity contribution < 1.29 is 14.3 Å². The molecule has 0 aliphatic carbocycles. The highest BCUT2D eigenvalue weighted by atomic mass is 16.6. The second-order valence-electron chi connectivity index (χ2n) is 4.20. The van der Waals surface area contributed by atoms with E-state index < -0.39 is 0 Å². The molecule has 0 saturated heterocycles. The number of hydrogen-bond donors (Lipinski definition) is 0. The number of hydrogen-bond acceptors (Lipinski definition) is 3. The van der Waals surface area contributed by atoms with Crippen LogP contribution in [0.3, 0.4) is 0 Å². The van der Waals surface area contributed by atoms with Crippen LogP contribution < -0.4 is 9.47 Å². The Morgan fingerprint density at radius 3 is 2.47 bits per heavy atom. The molecule has 2 aromatic rings. The van der Waals surface area contributed by atoms with Gasteiger partial charge >= 0.3 is 0 Å². The maximum Gasteiger partial charge on any atom is 0.176 e. The molecule has 4 nitrogen and oxygen atoms in total. The molecule has 2 heterocycles. The van der Waals surface area contributed by atoms with Crippen LogP contribution in [0, 0.1) is 0 Å². The fourth-order valence-electron chi connectivity index (χ4n) is 2.21. The maximum absolute atomic E-state index is 11.5. The summed E-state index contributed by atoms with van der Waals surface area (Å²) in [7, 11) is 1.88. The Morgan fingerprint density at radius 2 is 1.82 bits per heavy atom. The van der Waals surface area contributed by atoms with Crippen LogP contribution in [-0.2, 0) is 7.05 Å². The molecule has 0 amide bonds. The molecule has 0 radical (unpaired) electrons. The van der Waals surface area contributed by atoms with Gasteiger partial charge in [-0.05, 0) is 12.1 Å². The number of carbonyl (C=O) groups excluding carboxylic acids is 1. The van der Waals surface area contributed by atoms with E-state index >= 15 is 0 Å². The molecule has 4 heteroatoms. The normalized spacial score (nSPS) is 14.0. The van der Waals surface area contributed by atoms with Gasteiger partial charge < -0.3 is 14.0 Å². The van der Waals surface area contributed by atoms with E-state index in [1.807, 2.05) is 29.8 Å². The van der Waals surface area contributed by atoms with E-state index in [2.05, 4.69) is 0 Å². The minimum atomic E-state index is 0.0588. The summed E-state index contributed by atoms with van der Waals surface area (Å²) in [6.07, 6.45) is 0. The summed E-state index contributed by atoms with van der Waals surface area (Å²) in [4.78, 5) is 11.5. The smallest absolute Gasteiger partial charge is 0.176 e. The second-order valence-corrected chi connectivity index (χ2v) is 4.20. The number of nitrogens with zero attached hydrogens (tertiary/aromatic N) is 1. The van der Waals surface area contributed by atoms with Gasteiger partial charge in [-0.25, -0.2) is 0 Å². The summed E-state index contributed by atoms with van der Waals surface area (Å²) in [5.41, 5.74) is 1.68. The summed E-state index contributed by atoms with van der Waals surface area (Å²) in [5.74, 6) is 1.56. The fraction of sp³-hybridized carbons (Fsp3) is 0.308. The lowest BCUT2D eigenvalue weighted by molar-refractivity contribution is 0.101. The van der Waals surface area contributed by atoms with Crippen molar-refractivity contribution in [1.82, 2.24) is 4.57 Å². The van der Waals surface area contributed by atoms with E-state index in [0.29, 0.717) is 18.9 Å². The molecular weight excluding hydrogens is 218 g/mol. The van der Waals surface area contributed by atoms with E-state index in [4.69, 9.17) is 9.47 Å². The van der Waals surface area contributed by atoms with E-state index in [9.17, 15) is 4.79 Å². The Bertz CT molecular complexity index is 613. The van der Waals surface area contributed by atoms with Crippen LogP contribution in [0.1, 0.15) is 17.4 Å². The highest BCUT2D eigenvalue weighted by molar-refractivity contribution is 5.99. The molecule has 3 rings (SSSR count). The van der Waals surface area contributed by atoms with Gasteiger partial charge in [0.05, 0.1) is 11.2 Å². The minimum absolute atomic E-state index is 0.0588. The molecule has 1 aromatic heterocycles. The first-order valence-corrected chi connectivity index (χ1v) is 5.57. The molecule has 0 fully saturated rings. The first kappa shape index (κ1) is 10.2. The van der Waals surface area contributed by atoms with Crippen molar-refractivity contribution in [1.29, 1.82) is 0 Å². The van der Waals surface area contributed by atoms with Crippen molar-refractivity contribution in [2.45, 2.75) is 6.92 Å². The van der Waals surface area contributed by atoms with Crippen LogP contribution in [0.15, 0.2) is 18.2 Å². The van der Waals surface area contributed by atoms with Crippen molar-refractivity contribution in [2.75, 3.05) is 13.2 Å². The van der Waals surface area contributed by atoms with Crippen LogP contribution in [0.2, 0.25) is 0 Å². The lowest BCUT2D eigenvalue weighted by Crippen LogP contribution is -2.15. The third-order valence-corrected chi connectivity index (χ3v) is 3.07. The third kappa shape index (κ3) is 1.48. The van der Waals surface area contributed by atoms with Gasteiger partial charge in [0.15, 0.2) is 17.3 Å². The topological polar surface area (TPSA) is 40.5 Å². The van der Waals surface area contributed by atoms with Crippen LogP contribution >= 0.6 is 0 Å². The van der Waals surface area contributed by atoms with Crippen molar-refractivity contribution in [2.24, 2.45) is 7.05 Å². The Kier molecular flexibility index (Phi) is 2.11. The summed E-state index contributed by atoms with van der Waals surface area (Å²) in [6.45, 7) is 2.72. The van der Waals surface area contributed by atoms with Crippen molar-refractivity contribution in [3.05, 3.63) is 23.9 Å². The highest BCUT2D eigenvalue weighted by Gasteiger charge is 2.16. The molecule has 1 aliphatic rings. The zero-order chi connectivity index (χ0) is 12.0. The molecule has 0 saturated carbocycles. The lowest BCUT2D eigenvalue weighted by Gasteiger charge is -2.18. The van der Waals surface area contributed by atoms with Crippen LogP contribution in [-0.4, -0.2) is 23.6 Å². The number of rotatable bonds is 1. The standard InChI is InChI=1S/C13H13NO3/c1-8(15)10-5-9-6-12-13(17-4-3-16-12)7-11(9)14(10)2/h5-7H,3-4H2,1-2H3. The van der Waals surface area contributed by atoms with Crippen molar-refractivity contribution >= 4 is 16.7 Å². The van der Waals surface area contributed by atoms with Crippen LogP contribution in [0.4, 0.5) is 0 Å². The van der Waals surface area contributed by atoms with Gasteiger partial charge in [-0.3, -0.25) is 4.79 Å². The molecule has 1 aliphatic heterocycles.